The number of nitrogens with zero attached hydrogens (tertiary/aromatic N) is 1. The van der Waals surface area contributed by atoms with E-state index < -0.39 is 0 Å². The van der Waals surface area contributed by atoms with Gasteiger partial charge < -0.3 is 15.4 Å². The van der Waals surface area contributed by atoms with Gasteiger partial charge in [-0.3, -0.25) is 9.59 Å². The van der Waals surface area contributed by atoms with Crippen molar-refractivity contribution < 1.29 is 14.3 Å². The summed E-state index contributed by atoms with van der Waals surface area (Å²) in [6, 6.07) is 0. The van der Waals surface area contributed by atoms with Crippen molar-refractivity contribution in [2.24, 2.45) is 5.92 Å². The molecule has 1 fully saturated rings. The lowest BCUT2D eigenvalue weighted by atomic mass is 9.88. The minimum atomic E-state index is -0.242. The van der Waals surface area contributed by atoms with Crippen LogP contribution in [0.3, 0.4) is 0 Å². The summed E-state index contributed by atoms with van der Waals surface area (Å²) in [6.07, 6.45) is 5.17. The summed E-state index contributed by atoms with van der Waals surface area (Å²) in [5, 5.41) is 7.41. The van der Waals surface area contributed by atoms with Gasteiger partial charge in [-0.25, -0.2) is 4.98 Å². The largest absolute Gasteiger partial charge is 0.376 e. The van der Waals surface area contributed by atoms with Gasteiger partial charge in [0.25, 0.3) is 5.91 Å². The van der Waals surface area contributed by atoms with Crippen molar-refractivity contribution in [3.63, 3.8) is 0 Å². The molecule has 1 aliphatic carbocycles. The molecule has 6 nitrogen and oxygen atoms in total. The van der Waals surface area contributed by atoms with Gasteiger partial charge in [0, 0.05) is 18.8 Å². The molecule has 2 rings (SSSR count). The molecule has 0 radical (unpaired) electrons. The average molecular weight is 325 g/mol. The van der Waals surface area contributed by atoms with E-state index in [2.05, 4.69) is 22.5 Å². The van der Waals surface area contributed by atoms with Crippen molar-refractivity contribution in [3.05, 3.63) is 11.1 Å². The first-order valence-corrected chi connectivity index (χ1v) is 8.57. The van der Waals surface area contributed by atoms with Crippen LogP contribution in [0, 0.1) is 5.92 Å². The molecule has 1 saturated carbocycles. The Bertz CT molecular complexity index is 518. The van der Waals surface area contributed by atoms with E-state index in [1.165, 1.54) is 37.5 Å². The Morgan fingerprint density at radius 3 is 2.91 bits per heavy atom. The second-order valence-corrected chi connectivity index (χ2v) is 6.50. The normalized spacial score (nSPS) is 21.4. The van der Waals surface area contributed by atoms with Crippen LogP contribution in [0.2, 0.25) is 0 Å². The van der Waals surface area contributed by atoms with Crippen molar-refractivity contribution >= 4 is 28.3 Å². The first kappa shape index (κ1) is 16.9. The zero-order valence-corrected chi connectivity index (χ0v) is 13.9. The monoisotopic (exact) mass is 325 g/mol. The van der Waals surface area contributed by atoms with E-state index in [4.69, 9.17) is 4.74 Å². The van der Waals surface area contributed by atoms with Crippen LogP contribution < -0.4 is 10.6 Å². The maximum atomic E-state index is 11.9. The molecule has 1 aromatic rings. The predicted octanol–water partition coefficient (Wildman–Crippen LogP) is 2.43. The molecule has 2 N–H and O–H groups in total. The van der Waals surface area contributed by atoms with Crippen LogP contribution in [0.15, 0.2) is 5.38 Å². The van der Waals surface area contributed by atoms with Gasteiger partial charge in [0.05, 0.1) is 12.7 Å². The average Bonchev–Trinajstić information content (AvgIpc) is 2.93. The van der Waals surface area contributed by atoms with E-state index in [1.54, 1.807) is 5.38 Å². The molecule has 0 aliphatic heterocycles. The fraction of sp³-hybridized carbons (Fsp3) is 0.667. The topological polar surface area (TPSA) is 80.3 Å². The van der Waals surface area contributed by atoms with E-state index in [0.29, 0.717) is 36.0 Å². The van der Waals surface area contributed by atoms with Crippen molar-refractivity contribution in [3.8, 4) is 0 Å². The fourth-order valence-corrected chi connectivity index (χ4v) is 3.32. The number of ether oxygens (including phenoxy) is 1. The number of anilines is 1. The molecule has 2 atom stereocenters. The third kappa shape index (κ3) is 5.06. The first-order chi connectivity index (χ1) is 10.6. The minimum Gasteiger partial charge on any atom is -0.376 e. The quantitative estimate of drug-likeness (QED) is 0.787. The van der Waals surface area contributed by atoms with Gasteiger partial charge in [0.1, 0.15) is 5.69 Å². The Kier molecular flexibility index (Phi) is 6.33. The number of carbonyl (C=O) groups excluding carboxylic acids is 2. The second kappa shape index (κ2) is 8.24. The zero-order valence-electron chi connectivity index (χ0n) is 13.1. The van der Waals surface area contributed by atoms with Gasteiger partial charge in [0.2, 0.25) is 5.91 Å². The molecular weight excluding hydrogens is 302 g/mol. The molecule has 1 aliphatic rings. The van der Waals surface area contributed by atoms with E-state index >= 15 is 0 Å². The highest BCUT2D eigenvalue weighted by Crippen LogP contribution is 2.26. The predicted molar refractivity (Wildman–Crippen MR) is 86.1 cm³/mol. The number of hydrogen-bond acceptors (Lipinski definition) is 5. The van der Waals surface area contributed by atoms with E-state index in [-0.39, 0.29) is 11.8 Å². The fourth-order valence-electron chi connectivity index (χ4n) is 2.58. The maximum absolute atomic E-state index is 11.9. The molecule has 0 unspecified atom stereocenters. The van der Waals surface area contributed by atoms with E-state index in [0.717, 1.165) is 6.42 Å². The second-order valence-electron chi connectivity index (χ2n) is 5.65. The lowest BCUT2D eigenvalue weighted by Gasteiger charge is -2.28. The number of carbonyl (C=O) groups is 2. The number of amides is 2. The summed E-state index contributed by atoms with van der Waals surface area (Å²) >= 11 is 1.23. The highest BCUT2D eigenvalue weighted by molar-refractivity contribution is 7.14. The molecule has 122 valence electrons. The van der Waals surface area contributed by atoms with Crippen LogP contribution in [-0.2, 0) is 9.53 Å². The van der Waals surface area contributed by atoms with Gasteiger partial charge in [0.15, 0.2) is 5.13 Å². The standard InChI is InChI=1S/C15H23N3O3S/c1-10-5-3-4-6-13(10)21-8-7-16-14(20)12-9-22-15(18-12)17-11(2)19/h9-10,13H,3-8H2,1-2H3,(H,16,20)(H,17,18,19)/t10-,13-/m0/s1. The molecule has 0 spiro atoms. The summed E-state index contributed by atoms with van der Waals surface area (Å²) in [6.45, 7) is 4.62. The van der Waals surface area contributed by atoms with Crippen LogP contribution in [-0.4, -0.2) is 36.1 Å². The number of hydrogen-bond donors (Lipinski definition) is 2. The maximum Gasteiger partial charge on any atom is 0.270 e. The van der Waals surface area contributed by atoms with Crippen LogP contribution in [0.25, 0.3) is 0 Å². The van der Waals surface area contributed by atoms with Crippen molar-refractivity contribution in [1.82, 2.24) is 10.3 Å². The number of thiazole rings is 1. The lowest BCUT2D eigenvalue weighted by Crippen LogP contribution is -2.32. The van der Waals surface area contributed by atoms with Crippen LogP contribution >= 0.6 is 11.3 Å². The van der Waals surface area contributed by atoms with Crippen LogP contribution in [0.4, 0.5) is 5.13 Å². The van der Waals surface area contributed by atoms with Crippen molar-refractivity contribution in [2.45, 2.75) is 45.6 Å². The number of rotatable bonds is 6. The highest BCUT2D eigenvalue weighted by Gasteiger charge is 2.21. The summed E-state index contributed by atoms with van der Waals surface area (Å²) in [7, 11) is 0. The van der Waals surface area contributed by atoms with Crippen LogP contribution in [0.5, 0.6) is 0 Å². The SMILES string of the molecule is CC(=O)Nc1nc(C(=O)NCCO[C@H]2CCCC[C@@H]2C)cs1. The Labute approximate surface area is 134 Å². The van der Waals surface area contributed by atoms with Crippen molar-refractivity contribution in [2.75, 3.05) is 18.5 Å². The van der Waals surface area contributed by atoms with Gasteiger partial charge in [-0.15, -0.1) is 11.3 Å². The van der Waals surface area contributed by atoms with E-state index in [9.17, 15) is 9.59 Å². The first-order valence-electron chi connectivity index (χ1n) is 7.69. The van der Waals surface area contributed by atoms with Crippen LogP contribution in [0.1, 0.15) is 50.0 Å². The smallest absolute Gasteiger partial charge is 0.270 e. The molecule has 0 aromatic carbocycles. The molecule has 7 heteroatoms. The summed E-state index contributed by atoms with van der Waals surface area (Å²) < 4.78 is 5.85. The molecule has 22 heavy (non-hydrogen) atoms. The molecular formula is C15H23N3O3S. The lowest BCUT2D eigenvalue weighted by molar-refractivity contribution is -0.114. The molecule has 0 bridgehead atoms. The van der Waals surface area contributed by atoms with Gasteiger partial charge in [-0.2, -0.15) is 0 Å². The molecule has 2 amide bonds. The third-order valence-corrected chi connectivity index (χ3v) is 4.53. The van der Waals surface area contributed by atoms with Gasteiger partial charge in [-0.1, -0.05) is 19.8 Å². The summed E-state index contributed by atoms with van der Waals surface area (Å²) in [5.74, 6) is 0.160. The minimum absolute atomic E-state index is 0.198. The van der Waals surface area contributed by atoms with Gasteiger partial charge in [-0.05, 0) is 18.8 Å². The highest BCUT2D eigenvalue weighted by atomic mass is 32.1. The summed E-state index contributed by atoms with van der Waals surface area (Å²) in [4.78, 5) is 26.9. The molecule has 1 aromatic heterocycles. The zero-order chi connectivity index (χ0) is 15.9. The van der Waals surface area contributed by atoms with Crippen molar-refractivity contribution in [1.29, 1.82) is 0 Å². The summed E-state index contributed by atoms with van der Waals surface area (Å²) in [5.41, 5.74) is 0.319. The third-order valence-electron chi connectivity index (χ3n) is 3.77. The molecule has 1 heterocycles. The Balaban J connectivity index is 1.69. The Morgan fingerprint density at radius 1 is 1.41 bits per heavy atom. The van der Waals surface area contributed by atoms with E-state index in [1.807, 2.05) is 0 Å². The van der Waals surface area contributed by atoms with Gasteiger partial charge >= 0.3 is 0 Å². The Hall–Kier alpha value is -1.47. The molecule has 0 saturated heterocycles. The number of aromatic nitrogens is 1. The number of nitrogens with one attached hydrogen (secondary N) is 2. The Morgan fingerprint density at radius 2 is 2.18 bits per heavy atom.